The third kappa shape index (κ3) is 4.95. The van der Waals surface area contributed by atoms with Crippen LogP contribution in [0.2, 0.25) is 0 Å². The molecule has 2 heterocycles. The van der Waals surface area contributed by atoms with Crippen molar-refractivity contribution in [3.8, 4) is 0 Å². The van der Waals surface area contributed by atoms with Gasteiger partial charge in [-0.3, -0.25) is 9.69 Å². The first-order valence-electron chi connectivity index (χ1n) is 9.25. The van der Waals surface area contributed by atoms with Crippen molar-refractivity contribution in [1.82, 2.24) is 9.88 Å². The van der Waals surface area contributed by atoms with Crippen molar-refractivity contribution in [2.24, 2.45) is 11.1 Å². The zero-order chi connectivity index (χ0) is 18.1. The molecular formula is C18H32Cl2N4O2S. The van der Waals surface area contributed by atoms with Crippen molar-refractivity contribution in [3.05, 3.63) is 11.1 Å². The molecule has 2 aliphatic rings. The fourth-order valence-corrected chi connectivity index (χ4v) is 4.51. The number of carbonyl (C=O) groups is 1. The van der Waals surface area contributed by atoms with Gasteiger partial charge in [0.2, 0.25) is 5.91 Å². The Hall–Kier alpha value is -0.440. The number of ether oxygens (including phenoxy) is 1. The standard InChI is InChI=1S/C18H30N4O2S.2ClH/c1-4-24-14-10-18(19,17(14,2)3)15(23)21-16-20-13(12-25-16)11-22-8-6-5-7-9-22;;/h12,14H,4-11,19H2,1-3H3,(H,20,21,23);2*1H. The number of nitrogens with two attached hydrogens (primary N) is 1. The molecule has 1 saturated carbocycles. The largest absolute Gasteiger partial charge is 0.378 e. The number of nitrogens with one attached hydrogen (secondary N) is 1. The maximum Gasteiger partial charge on any atom is 0.246 e. The molecule has 156 valence electrons. The van der Waals surface area contributed by atoms with Gasteiger partial charge in [0, 0.05) is 30.4 Å². The van der Waals surface area contributed by atoms with E-state index in [1.165, 1.54) is 30.6 Å². The zero-order valence-electron chi connectivity index (χ0n) is 16.3. The molecule has 1 amide bonds. The highest BCUT2D eigenvalue weighted by Gasteiger charge is 2.63. The number of amides is 1. The molecule has 3 rings (SSSR count). The number of thiazole rings is 1. The van der Waals surface area contributed by atoms with E-state index in [0.29, 0.717) is 18.2 Å². The lowest BCUT2D eigenvalue weighted by atomic mass is 9.54. The molecule has 27 heavy (non-hydrogen) atoms. The van der Waals surface area contributed by atoms with Crippen molar-refractivity contribution in [1.29, 1.82) is 0 Å². The lowest BCUT2D eigenvalue weighted by Crippen LogP contribution is -2.74. The number of nitrogens with zero attached hydrogens (tertiary/aromatic N) is 2. The number of rotatable bonds is 6. The molecule has 1 aliphatic heterocycles. The number of anilines is 1. The number of carbonyl (C=O) groups excluding carboxylic acids is 1. The summed E-state index contributed by atoms with van der Waals surface area (Å²) >= 11 is 1.47. The van der Waals surface area contributed by atoms with Gasteiger partial charge in [-0.05, 0) is 32.9 Å². The molecule has 2 fully saturated rings. The molecule has 1 aromatic rings. The number of likely N-dealkylation sites (tertiary alicyclic amines) is 1. The summed E-state index contributed by atoms with van der Waals surface area (Å²) in [4.78, 5) is 19.8. The molecule has 1 aromatic heterocycles. The highest BCUT2D eigenvalue weighted by Crippen LogP contribution is 2.50. The van der Waals surface area contributed by atoms with Crippen molar-refractivity contribution in [3.63, 3.8) is 0 Å². The van der Waals surface area contributed by atoms with E-state index in [9.17, 15) is 4.79 Å². The molecule has 2 unspecified atom stereocenters. The third-order valence-corrected chi connectivity index (χ3v) is 6.65. The van der Waals surface area contributed by atoms with E-state index in [0.717, 1.165) is 25.3 Å². The van der Waals surface area contributed by atoms with Crippen LogP contribution in [0.1, 0.15) is 52.1 Å². The summed E-state index contributed by atoms with van der Waals surface area (Å²) in [7, 11) is 0. The zero-order valence-corrected chi connectivity index (χ0v) is 18.8. The van der Waals surface area contributed by atoms with Gasteiger partial charge >= 0.3 is 0 Å². The van der Waals surface area contributed by atoms with Crippen molar-refractivity contribution in [2.75, 3.05) is 25.0 Å². The van der Waals surface area contributed by atoms with Crippen LogP contribution in [0.5, 0.6) is 0 Å². The second-order valence-electron chi connectivity index (χ2n) is 7.78. The predicted octanol–water partition coefficient (Wildman–Crippen LogP) is 3.44. The van der Waals surface area contributed by atoms with E-state index in [1.807, 2.05) is 26.2 Å². The monoisotopic (exact) mass is 438 g/mol. The Labute approximate surface area is 178 Å². The van der Waals surface area contributed by atoms with Gasteiger partial charge in [-0.15, -0.1) is 36.2 Å². The Morgan fingerprint density at radius 3 is 2.63 bits per heavy atom. The first-order valence-corrected chi connectivity index (χ1v) is 10.1. The Morgan fingerprint density at radius 1 is 1.37 bits per heavy atom. The molecule has 1 saturated heterocycles. The van der Waals surface area contributed by atoms with Gasteiger partial charge in [0.25, 0.3) is 0 Å². The van der Waals surface area contributed by atoms with E-state index in [2.05, 4.69) is 15.2 Å². The predicted molar refractivity (Wildman–Crippen MR) is 115 cm³/mol. The summed E-state index contributed by atoms with van der Waals surface area (Å²) in [5.41, 5.74) is 6.15. The van der Waals surface area contributed by atoms with Crippen LogP contribution in [0, 0.1) is 5.41 Å². The topological polar surface area (TPSA) is 80.5 Å². The fraction of sp³-hybridized carbons (Fsp3) is 0.778. The number of hydrogen-bond donors (Lipinski definition) is 2. The normalized spacial score (nSPS) is 27.0. The van der Waals surface area contributed by atoms with Gasteiger partial charge in [-0.25, -0.2) is 4.98 Å². The van der Waals surface area contributed by atoms with Crippen LogP contribution in [0.4, 0.5) is 5.13 Å². The van der Waals surface area contributed by atoms with Crippen LogP contribution >= 0.6 is 36.2 Å². The fourth-order valence-electron chi connectivity index (χ4n) is 3.81. The third-order valence-electron chi connectivity index (χ3n) is 5.84. The number of aromatic nitrogens is 1. The molecule has 0 bridgehead atoms. The van der Waals surface area contributed by atoms with Crippen molar-refractivity contribution < 1.29 is 9.53 Å². The summed E-state index contributed by atoms with van der Waals surface area (Å²) in [5.74, 6) is -0.160. The first-order chi connectivity index (χ1) is 11.9. The first kappa shape index (κ1) is 24.6. The molecule has 0 aromatic carbocycles. The highest BCUT2D eigenvalue weighted by molar-refractivity contribution is 7.13. The van der Waals surface area contributed by atoms with Gasteiger partial charge in [-0.1, -0.05) is 20.3 Å². The second kappa shape index (κ2) is 9.85. The minimum absolute atomic E-state index is 0. The quantitative estimate of drug-likeness (QED) is 0.710. The lowest BCUT2D eigenvalue weighted by molar-refractivity contribution is -0.166. The van der Waals surface area contributed by atoms with Crippen LogP contribution in [0.15, 0.2) is 5.38 Å². The summed E-state index contributed by atoms with van der Waals surface area (Å²) in [5, 5.41) is 5.60. The highest BCUT2D eigenvalue weighted by atomic mass is 35.5. The number of hydrogen-bond acceptors (Lipinski definition) is 6. The summed E-state index contributed by atoms with van der Waals surface area (Å²) < 4.78 is 5.70. The minimum Gasteiger partial charge on any atom is -0.378 e. The van der Waals surface area contributed by atoms with E-state index < -0.39 is 5.54 Å². The average molecular weight is 439 g/mol. The van der Waals surface area contributed by atoms with E-state index in [-0.39, 0.29) is 42.2 Å². The molecule has 0 radical (unpaired) electrons. The summed E-state index contributed by atoms with van der Waals surface area (Å²) in [6.07, 6.45) is 4.43. The Kier molecular flexibility index (Phi) is 8.98. The minimum atomic E-state index is -0.911. The van der Waals surface area contributed by atoms with Gasteiger partial charge in [-0.2, -0.15) is 0 Å². The molecule has 1 aliphatic carbocycles. The molecular weight excluding hydrogens is 407 g/mol. The Morgan fingerprint density at radius 2 is 2.04 bits per heavy atom. The SMILES string of the molecule is CCOC1CC(N)(C(=O)Nc2nc(CN3CCCCC3)cs2)C1(C)C.Cl.Cl. The summed E-state index contributed by atoms with van der Waals surface area (Å²) in [6.45, 7) is 9.73. The maximum absolute atomic E-state index is 12.7. The smallest absolute Gasteiger partial charge is 0.246 e. The average Bonchev–Trinajstić information content (AvgIpc) is 3.02. The van der Waals surface area contributed by atoms with Crippen molar-refractivity contribution >= 4 is 47.2 Å². The molecule has 6 nitrogen and oxygen atoms in total. The maximum atomic E-state index is 12.7. The van der Waals surface area contributed by atoms with Gasteiger partial charge < -0.3 is 15.8 Å². The number of piperidine rings is 1. The number of halogens is 2. The van der Waals surface area contributed by atoms with Crippen LogP contribution in [-0.2, 0) is 16.1 Å². The van der Waals surface area contributed by atoms with Gasteiger partial charge in [0.05, 0.1) is 11.8 Å². The van der Waals surface area contributed by atoms with Gasteiger partial charge in [0.1, 0.15) is 5.54 Å². The molecule has 9 heteroatoms. The van der Waals surface area contributed by atoms with E-state index in [1.54, 1.807) is 0 Å². The van der Waals surface area contributed by atoms with E-state index in [4.69, 9.17) is 10.5 Å². The van der Waals surface area contributed by atoms with E-state index >= 15 is 0 Å². The van der Waals surface area contributed by atoms with Crippen molar-refractivity contribution in [2.45, 2.75) is 64.6 Å². The van der Waals surface area contributed by atoms with Gasteiger partial charge in [0.15, 0.2) is 5.13 Å². The molecule has 3 N–H and O–H groups in total. The molecule has 0 spiro atoms. The van der Waals surface area contributed by atoms with Crippen LogP contribution in [0.3, 0.4) is 0 Å². The Bertz CT molecular complexity index is 622. The Balaban J connectivity index is 0.00000182. The second-order valence-corrected chi connectivity index (χ2v) is 8.63. The van der Waals surface area contributed by atoms with Crippen LogP contribution in [0.25, 0.3) is 0 Å². The van der Waals surface area contributed by atoms with Crippen LogP contribution in [-0.4, -0.2) is 47.1 Å². The molecule has 2 atom stereocenters. The van der Waals surface area contributed by atoms with Crippen LogP contribution < -0.4 is 11.1 Å². The summed E-state index contributed by atoms with van der Waals surface area (Å²) in [6, 6.07) is 0. The lowest BCUT2D eigenvalue weighted by Gasteiger charge is -2.57.